The Labute approximate surface area is 146 Å². The summed E-state index contributed by atoms with van der Waals surface area (Å²) in [6, 6.07) is 6.74. The molecule has 0 spiro atoms. The number of amides is 1. The molecule has 1 atom stereocenters. The van der Waals surface area contributed by atoms with Crippen molar-refractivity contribution in [3.05, 3.63) is 42.2 Å². The molecule has 1 amide bonds. The van der Waals surface area contributed by atoms with E-state index in [4.69, 9.17) is 9.47 Å². The Kier molecular flexibility index (Phi) is 6.56. The minimum absolute atomic E-state index is 0.0661. The quantitative estimate of drug-likeness (QED) is 0.704. The van der Waals surface area contributed by atoms with Gasteiger partial charge in [0, 0.05) is 36.8 Å². The number of rotatable bonds is 9. The van der Waals surface area contributed by atoms with E-state index in [0.29, 0.717) is 23.6 Å². The molecule has 1 aromatic carbocycles. The van der Waals surface area contributed by atoms with E-state index in [2.05, 4.69) is 10.4 Å². The van der Waals surface area contributed by atoms with Crippen LogP contribution in [0, 0.1) is 0 Å². The van der Waals surface area contributed by atoms with E-state index in [0.717, 1.165) is 0 Å². The average molecular weight is 345 g/mol. The number of carbonyl (C=O) groups excluding carboxylic acids is 2. The highest BCUT2D eigenvalue weighted by Crippen LogP contribution is 2.28. The van der Waals surface area contributed by atoms with Gasteiger partial charge in [-0.25, -0.2) is 0 Å². The number of ketones is 1. The van der Waals surface area contributed by atoms with Crippen LogP contribution in [-0.4, -0.2) is 41.7 Å². The second-order valence-corrected chi connectivity index (χ2v) is 5.69. The van der Waals surface area contributed by atoms with Crippen molar-refractivity contribution >= 4 is 11.7 Å². The minimum Gasteiger partial charge on any atom is -0.493 e. The summed E-state index contributed by atoms with van der Waals surface area (Å²) in [7, 11) is 3.05. The first-order chi connectivity index (χ1) is 12.0. The lowest BCUT2D eigenvalue weighted by Crippen LogP contribution is -2.35. The monoisotopic (exact) mass is 345 g/mol. The van der Waals surface area contributed by atoms with Crippen molar-refractivity contribution in [1.29, 1.82) is 0 Å². The number of methoxy groups -OCH3 is 2. The van der Waals surface area contributed by atoms with Gasteiger partial charge in [-0.1, -0.05) is 0 Å². The highest BCUT2D eigenvalue weighted by atomic mass is 16.5. The Morgan fingerprint density at radius 3 is 2.60 bits per heavy atom. The molecule has 0 aliphatic heterocycles. The van der Waals surface area contributed by atoms with E-state index in [1.807, 2.05) is 19.2 Å². The molecule has 0 fully saturated rings. The molecule has 0 radical (unpaired) electrons. The molecular weight excluding hydrogens is 322 g/mol. The summed E-state index contributed by atoms with van der Waals surface area (Å²) < 4.78 is 12.1. The fourth-order valence-electron chi connectivity index (χ4n) is 2.46. The minimum atomic E-state index is -0.159. The maximum Gasteiger partial charge on any atom is 0.220 e. The number of carbonyl (C=O) groups is 2. The number of nitrogens with zero attached hydrogens (tertiary/aromatic N) is 2. The maximum absolute atomic E-state index is 12.3. The molecule has 0 bridgehead atoms. The molecule has 0 saturated carbocycles. The molecule has 0 aliphatic carbocycles. The molecular formula is C18H23N3O4. The fourth-order valence-corrected chi connectivity index (χ4v) is 2.46. The molecule has 1 N–H and O–H groups in total. The summed E-state index contributed by atoms with van der Waals surface area (Å²) in [4.78, 5) is 24.3. The normalized spacial score (nSPS) is 11.6. The zero-order valence-electron chi connectivity index (χ0n) is 14.7. The van der Waals surface area contributed by atoms with E-state index in [9.17, 15) is 9.59 Å². The van der Waals surface area contributed by atoms with Gasteiger partial charge in [-0.05, 0) is 31.2 Å². The third kappa shape index (κ3) is 5.34. The highest BCUT2D eigenvalue weighted by Gasteiger charge is 2.14. The maximum atomic E-state index is 12.3. The van der Waals surface area contributed by atoms with Crippen molar-refractivity contribution in [2.75, 3.05) is 14.2 Å². The van der Waals surface area contributed by atoms with Crippen molar-refractivity contribution in [3.8, 4) is 11.5 Å². The van der Waals surface area contributed by atoms with Gasteiger partial charge >= 0.3 is 0 Å². The Hall–Kier alpha value is -2.83. The summed E-state index contributed by atoms with van der Waals surface area (Å²) in [5, 5.41) is 6.97. The van der Waals surface area contributed by atoms with Crippen molar-refractivity contribution in [1.82, 2.24) is 15.1 Å². The van der Waals surface area contributed by atoms with Crippen molar-refractivity contribution in [3.63, 3.8) is 0 Å². The lowest BCUT2D eigenvalue weighted by atomic mass is 10.1. The summed E-state index contributed by atoms with van der Waals surface area (Å²) in [6.45, 7) is 2.48. The van der Waals surface area contributed by atoms with Crippen LogP contribution in [0.3, 0.4) is 0 Å². The Balaban J connectivity index is 1.83. The van der Waals surface area contributed by atoms with Crippen LogP contribution in [0.1, 0.15) is 30.1 Å². The molecule has 0 saturated heterocycles. The smallest absolute Gasteiger partial charge is 0.220 e. The number of hydrogen-bond acceptors (Lipinski definition) is 5. The van der Waals surface area contributed by atoms with Crippen LogP contribution in [0.4, 0.5) is 0 Å². The van der Waals surface area contributed by atoms with E-state index in [1.165, 1.54) is 14.2 Å². The Bertz CT molecular complexity index is 713. The van der Waals surface area contributed by atoms with Crippen molar-refractivity contribution in [2.24, 2.45) is 0 Å². The van der Waals surface area contributed by atoms with Crippen LogP contribution < -0.4 is 14.8 Å². The molecule has 2 rings (SSSR count). The van der Waals surface area contributed by atoms with Gasteiger partial charge in [0.05, 0.1) is 20.8 Å². The van der Waals surface area contributed by atoms with Crippen LogP contribution in [0.5, 0.6) is 11.5 Å². The van der Waals surface area contributed by atoms with E-state index in [1.54, 1.807) is 29.1 Å². The van der Waals surface area contributed by atoms with E-state index < -0.39 is 0 Å². The summed E-state index contributed by atoms with van der Waals surface area (Å²) >= 11 is 0. The van der Waals surface area contributed by atoms with E-state index >= 15 is 0 Å². The lowest BCUT2D eigenvalue weighted by Gasteiger charge is -2.14. The molecule has 7 nitrogen and oxygen atoms in total. The number of Topliss-reactive ketones (excluding diaryl/α,β-unsaturated/α-hetero) is 1. The summed E-state index contributed by atoms with van der Waals surface area (Å²) in [5.74, 6) is 0.777. The predicted octanol–water partition coefficient (Wildman–Crippen LogP) is 2.07. The van der Waals surface area contributed by atoms with Gasteiger partial charge in [0.15, 0.2) is 17.3 Å². The first-order valence-electron chi connectivity index (χ1n) is 8.05. The number of benzene rings is 1. The van der Waals surface area contributed by atoms with Gasteiger partial charge in [-0.3, -0.25) is 14.3 Å². The van der Waals surface area contributed by atoms with Gasteiger partial charge in [0.1, 0.15) is 0 Å². The molecule has 2 aromatic rings. The standard InChI is InChI=1S/C18H23N3O4/c1-13(12-21-10-4-9-19-21)20-18(23)8-6-15(22)14-5-7-16(24-2)17(11-14)25-3/h4-5,7,9-11,13H,6,8,12H2,1-3H3,(H,20,23). The topological polar surface area (TPSA) is 82.5 Å². The third-order valence-electron chi connectivity index (χ3n) is 3.71. The highest BCUT2D eigenvalue weighted by molar-refractivity contribution is 5.98. The fraction of sp³-hybridized carbons (Fsp3) is 0.389. The number of ether oxygens (including phenoxy) is 2. The SMILES string of the molecule is COc1ccc(C(=O)CCC(=O)NC(C)Cn2cccn2)cc1OC. The zero-order chi connectivity index (χ0) is 18.2. The molecule has 25 heavy (non-hydrogen) atoms. The summed E-state index contributed by atoms with van der Waals surface area (Å²) in [5.41, 5.74) is 0.495. The van der Waals surface area contributed by atoms with Crippen LogP contribution >= 0.6 is 0 Å². The molecule has 7 heteroatoms. The second kappa shape index (κ2) is 8.86. The molecule has 1 aromatic heterocycles. The first-order valence-corrected chi connectivity index (χ1v) is 8.05. The number of aromatic nitrogens is 2. The lowest BCUT2D eigenvalue weighted by molar-refractivity contribution is -0.121. The van der Waals surface area contributed by atoms with Crippen LogP contribution in [0.2, 0.25) is 0 Å². The number of nitrogens with one attached hydrogen (secondary N) is 1. The van der Waals surface area contributed by atoms with Gasteiger partial charge < -0.3 is 14.8 Å². The van der Waals surface area contributed by atoms with Gasteiger partial charge in [0.25, 0.3) is 0 Å². The van der Waals surface area contributed by atoms with Crippen LogP contribution in [0.15, 0.2) is 36.7 Å². The molecule has 0 aliphatic rings. The second-order valence-electron chi connectivity index (χ2n) is 5.69. The Morgan fingerprint density at radius 1 is 1.20 bits per heavy atom. The zero-order valence-corrected chi connectivity index (χ0v) is 14.7. The van der Waals surface area contributed by atoms with Gasteiger partial charge in [-0.2, -0.15) is 5.10 Å². The van der Waals surface area contributed by atoms with Gasteiger partial charge in [-0.15, -0.1) is 0 Å². The van der Waals surface area contributed by atoms with Gasteiger partial charge in [0.2, 0.25) is 5.91 Å². The molecule has 1 unspecified atom stereocenters. The molecule has 134 valence electrons. The Morgan fingerprint density at radius 2 is 1.96 bits per heavy atom. The first kappa shape index (κ1) is 18.5. The van der Waals surface area contributed by atoms with Crippen molar-refractivity contribution in [2.45, 2.75) is 32.4 Å². The van der Waals surface area contributed by atoms with E-state index in [-0.39, 0.29) is 30.6 Å². The van der Waals surface area contributed by atoms with Crippen LogP contribution in [-0.2, 0) is 11.3 Å². The predicted molar refractivity (Wildman–Crippen MR) is 92.9 cm³/mol. The third-order valence-corrected chi connectivity index (χ3v) is 3.71. The summed E-state index contributed by atoms with van der Waals surface area (Å²) in [6.07, 6.45) is 3.80. The largest absolute Gasteiger partial charge is 0.493 e. The van der Waals surface area contributed by atoms with Crippen LogP contribution in [0.25, 0.3) is 0 Å². The molecule has 1 heterocycles. The van der Waals surface area contributed by atoms with Crippen molar-refractivity contribution < 1.29 is 19.1 Å². The number of hydrogen-bond donors (Lipinski definition) is 1. The average Bonchev–Trinajstić information content (AvgIpc) is 3.11.